The Bertz CT molecular complexity index is 2910. The lowest BCUT2D eigenvalue weighted by molar-refractivity contribution is 0.669. The van der Waals surface area contributed by atoms with E-state index in [9.17, 15) is 0 Å². The zero-order valence-corrected chi connectivity index (χ0v) is 28.3. The number of hydrogen-bond donors (Lipinski definition) is 0. The number of anilines is 3. The highest BCUT2D eigenvalue weighted by molar-refractivity contribution is 6.06. The third-order valence-corrected chi connectivity index (χ3v) is 10.0. The van der Waals surface area contributed by atoms with Gasteiger partial charge < -0.3 is 9.32 Å². The molecule has 0 saturated heterocycles. The van der Waals surface area contributed by atoms with Crippen LogP contribution in [0.4, 0.5) is 17.1 Å². The summed E-state index contributed by atoms with van der Waals surface area (Å²) in [6, 6.07) is 68.7. The molecule has 244 valence electrons. The second-order valence-corrected chi connectivity index (χ2v) is 13.2. The molecule has 0 saturated carbocycles. The maximum atomic E-state index is 6.31. The Morgan fingerprint density at radius 1 is 0.365 bits per heavy atom. The van der Waals surface area contributed by atoms with Gasteiger partial charge in [0.1, 0.15) is 11.2 Å². The number of nitrogens with zero attached hydrogens (tertiary/aromatic N) is 2. The van der Waals surface area contributed by atoms with Crippen LogP contribution in [0, 0.1) is 0 Å². The first kappa shape index (κ1) is 29.9. The summed E-state index contributed by atoms with van der Waals surface area (Å²) >= 11 is 0. The average molecular weight is 665 g/mol. The summed E-state index contributed by atoms with van der Waals surface area (Å²) in [5, 5.41) is 5.76. The second-order valence-electron chi connectivity index (χ2n) is 13.2. The van der Waals surface area contributed by atoms with E-state index in [1.54, 1.807) is 0 Å². The van der Waals surface area contributed by atoms with E-state index < -0.39 is 0 Å². The molecule has 52 heavy (non-hydrogen) atoms. The third-order valence-electron chi connectivity index (χ3n) is 10.0. The molecule has 0 aliphatic rings. The molecule has 0 aliphatic heterocycles. The largest absolute Gasteiger partial charge is 0.456 e. The van der Waals surface area contributed by atoms with Crippen LogP contribution in [0.5, 0.6) is 0 Å². The SMILES string of the molecule is c1ccc(-c2cccc(N(c3ccc(-c4nc5ccccc5cc4-c4ccc5c(c4)oc4ccccc45)cc3)c3ccc4ccccc4c3)c2)cc1. The fraction of sp³-hybridized carbons (Fsp3) is 0. The van der Waals surface area contributed by atoms with Gasteiger partial charge in [-0.1, -0.05) is 127 Å². The van der Waals surface area contributed by atoms with Gasteiger partial charge in [-0.15, -0.1) is 0 Å². The van der Waals surface area contributed by atoms with E-state index in [0.717, 1.165) is 72.3 Å². The Kier molecular flexibility index (Phi) is 7.14. The van der Waals surface area contributed by atoms with Crippen molar-refractivity contribution in [3.8, 4) is 33.5 Å². The van der Waals surface area contributed by atoms with Crippen LogP contribution in [0.25, 0.3) is 77.1 Å². The van der Waals surface area contributed by atoms with E-state index in [0.29, 0.717) is 0 Å². The van der Waals surface area contributed by atoms with Crippen LogP contribution in [0.3, 0.4) is 0 Å². The smallest absolute Gasteiger partial charge is 0.136 e. The minimum absolute atomic E-state index is 0.872. The first-order valence-electron chi connectivity index (χ1n) is 17.6. The highest BCUT2D eigenvalue weighted by Gasteiger charge is 2.17. The van der Waals surface area contributed by atoms with Crippen LogP contribution >= 0.6 is 0 Å². The van der Waals surface area contributed by atoms with Crippen LogP contribution in [0.1, 0.15) is 0 Å². The Balaban J connectivity index is 1.11. The van der Waals surface area contributed by atoms with Crippen molar-refractivity contribution in [2.24, 2.45) is 0 Å². The fourth-order valence-electron chi connectivity index (χ4n) is 7.44. The van der Waals surface area contributed by atoms with Crippen molar-refractivity contribution in [3.63, 3.8) is 0 Å². The summed E-state index contributed by atoms with van der Waals surface area (Å²) in [7, 11) is 0. The molecule has 0 amide bonds. The zero-order chi connectivity index (χ0) is 34.4. The van der Waals surface area contributed by atoms with Gasteiger partial charge in [-0.3, -0.25) is 0 Å². The highest BCUT2D eigenvalue weighted by atomic mass is 16.3. The monoisotopic (exact) mass is 664 g/mol. The first-order valence-corrected chi connectivity index (χ1v) is 17.6. The number of para-hydroxylation sites is 2. The van der Waals surface area contributed by atoms with E-state index in [4.69, 9.17) is 9.40 Å². The lowest BCUT2D eigenvalue weighted by atomic mass is 9.96. The molecular formula is C49H32N2O. The number of benzene rings is 8. The van der Waals surface area contributed by atoms with Gasteiger partial charge in [0, 0.05) is 44.3 Å². The van der Waals surface area contributed by atoms with Gasteiger partial charge in [-0.25, -0.2) is 4.98 Å². The highest BCUT2D eigenvalue weighted by Crippen LogP contribution is 2.41. The van der Waals surface area contributed by atoms with Crippen molar-refractivity contribution in [2.75, 3.05) is 4.90 Å². The zero-order valence-electron chi connectivity index (χ0n) is 28.3. The van der Waals surface area contributed by atoms with E-state index in [1.807, 2.05) is 18.2 Å². The molecule has 0 unspecified atom stereocenters. The van der Waals surface area contributed by atoms with E-state index in [2.05, 4.69) is 181 Å². The van der Waals surface area contributed by atoms with Crippen LogP contribution in [-0.4, -0.2) is 4.98 Å². The van der Waals surface area contributed by atoms with Gasteiger partial charge in [0.2, 0.25) is 0 Å². The maximum Gasteiger partial charge on any atom is 0.136 e. The van der Waals surface area contributed by atoms with E-state index in [1.165, 1.54) is 21.9 Å². The molecule has 2 heterocycles. The van der Waals surface area contributed by atoms with Crippen LogP contribution in [0.15, 0.2) is 199 Å². The Morgan fingerprint density at radius 3 is 1.92 bits per heavy atom. The lowest BCUT2D eigenvalue weighted by Crippen LogP contribution is -2.10. The minimum Gasteiger partial charge on any atom is -0.456 e. The molecule has 0 atom stereocenters. The fourth-order valence-corrected chi connectivity index (χ4v) is 7.44. The summed E-state index contributed by atoms with van der Waals surface area (Å²) in [6.45, 7) is 0. The molecule has 10 aromatic rings. The van der Waals surface area contributed by atoms with Gasteiger partial charge in [0.05, 0.1) is 11.2 Å². The normalized spacial score (nSPS) is 11.5. The second kappa shape index (κ2) is 12.4. The lowest BCUT2D eigenvalue weighted by Gasteiger charge is -2.26. The third kappa shape index (κ3) is 5.28. The van der Waals surface area contributed by atoms with E-state index >= 15 is 0 Å². The molecule has 0 bridgehead atoms. The number of hydrogen-bond acceptors (Lipinski definition) is 3. The molecule has 10 rings (SSSR count). The van der Waals surface area contributed by atoms with Crippen LogP contribution < -0.4 is 4.90 Å². The first-order chi connectivity index (χ1) is 25.7. The molecule has 0 fully saturated rings. The van der Waals surface area contributed by atoms with Gasteiger partial charge >= 0.3 is 0 Å². The summed E-state index contributed by atoms with van der Waals surface area (Å²) in [5.41, 5.74) is 12.5. The topological polar surface area (TPSA) is 29.3 Å². The summed E-state index contributed by atoms with van der Waals surface area (Å²) in [6.07, 6.45) is 0. The van der Waals surface area contributed by atoms with Crippen molar-refractivity contribution >= 4 is 60.7 Å². The summed E-state index contributed by atoms with van der Waals surface area (Å²) in [4.78, 5) is 7.61. The Morgan fingerprint density at radius 2 is 1.04 bits per heavy atom. The number of rotatable bonds is 6. The average Bonchev–Trinajstić information content (AvgIpc) is 3.59. The maximum absolute atomic E-state index is 6.31. The molecule has 3 nitrogen and oxygen atoms in total. The van der Waals surface area contributed by atoms with Gasteiger partial charge in [0.15, 0.2) is 0 Å². The predicted molar refractivity (Wildman–Crippen MR) is 218 cm³/mol. The van der Waals surface area contributed by atoms with Crippen molar-refractivity contribution < 1.29 is 4.42 Å². The van der Waals surface area contributed by atoms with E-state index in [-0.39, 0.29) is 0 Å². The number of fused-ring (bicyclic) bond motifs is 5. The van der Waals surface area contributed by atoms with Crippen LogP contribution in [0.2, 0.25) is 0 Å². The molecule has 0 aliphatic carbocycles. The number of aromatic nitrogens is 1. The van der Waals surface area contributed by atoms with Crippen molar-refractivity contribution in [1.82, 2.24) is 4.98 Å². The Hall–Kier alpha value is -6.97. The summed E-state index contributed by atoms with van der Waals surface area (Å²) < 4.78 is 6.31. The molecule has 0 spiro atoms. The van der Waals surface area contributed by atoms with Gasteiger partial charge in [-0.2, -0.15) is 0 Å². The van der Waals surface area contributed by atoms with Crippen molar-refractivity contribution in [1.29, 1.82) is 0 Å². The number of pyridine rings is 1. The van der Waals surface area contributed by atoms with Crippen LogP contribution in [-0.2, 0) is 0 Å². The van der Waals surface area contributed by atoms with Crippen molar-refractivity contribution in [3.05, 3.63) is 194 Å². The molecule has 0 N–H and O–H groups in total. The summed E-state index contributed by atoms with van der Waals surface area (Å²) in [5.74, 6) is 0. The van der Waals surface area contributed by atoms with Crippen molar-refractivity contribution in [2.45, 2.75) is 0 Å². The molecule has 8 aromatic carbocycles. The molecule has 3 heteroatoms. The Labute approximate surface area is 301 Å². The quantitative estimate of drug-likeness (QED) is 0.177. The minimum atomic E-state index is 0.872. The predicted octanol–water partition coefficient (Wildman–Crippen LogP) is 13.8. The molecular weight excluding hydrogens is 633 g/mol. The molecule has 0 radical (unpaired) electrons. The molecule has 2 aromatic heterocycles. The standard InChI is InChI=1S/C49H32N2O/c1-2-11-33(12-3-1)37-16-10-17-41(29-37)51(42-27-21-34-13-4-5-14-36(34)30-42)40-25-22-35(23-26-40)49-45(31-39-15-6-8-19-46(39)50-49)38-24-28-44-43-18-7-9-20-47(43)52-48(44)32-38/h1-32H. The van der Waals surface area contributed by atoms with Gasteiger partial charge in [-0.05, 0) is 94.2 Å². The van der Waals surface area contributed by atoms with Gasteiger partial charge in [0.25, 0.3) is 0 Å². The number of furan rings is 1.